The molecule has 4 nitrogen and oxygen atoms in total. The van der Waals surface area contributed by atoms with E-state index in [1.165, 1.54) is 25.0 Å². The van der Waals surface area contributed by atoms with Gasteiger partial charge in [-0.05, 0) is 50.4 Å². The van der Waals surface area contributed by atoms with Gasteiger partial charge in [-0.2, -0.15) is 5.10 Å². The Balaban J connectivity index is 1.78. The zero-order chi connectivity index (χ0) is 13.5. The molecule has 0 amide bonds. The highest BCUT2D eigenvalue weighted by Gasteiger charge is 2.30. The number of nitrogens with one attached hydrogen (secondary N) is 2. The number of anilines is 1. The average Bonchev–Trinajstić information content (AvgIpc) is 2.85. The Bertz CT molecular complexity index is 630. The van der Waals surface area contributed by atoms with Gasteiger partial charge in [0.25, 0.3) is 0 Å². The van der Waals surface area contributed by atoms with Crippen LogP contribution in [0, 0.1) is 11.7 Å². The van der Waals surface area contributed by atoms with Crippen molar-refractivity contribution in [1.82, 2.24) is 15.1 Å². The third-order valence-electron chi connectivity index (χ3n) is 4.59. The summed E-state index contributed by atoms with van der Waals surface area (Å²) in [4.78, 5) is 0. The van der Waals surface area contributed by atoms with Crippen molar-refractivity contribution in [2.24, 2.45) is 5.92 Å². The Morgan fingerprint density at radius 3 is 3.05 bits per heavy atom. The van der Waals surface area contributed by atoms with E-state index >= 15 is 0 Å². The van der Waals surface area contributed by atoms with Crippen molar-refractivity contribution in [2.75, 3.05) is 25.0 Å². The Labute approximate surface area is 117 Å². The second-order valence-electron chi connectivity index (χ2n) is 5.84. The summed E-state index contributed by atoms with van der Waals surface area (Å²) in [6, 6.07) is 5.30. The van der Waals surface area contributed by atoms with Crippen LogP contribution in [0.3, 0.4) is 0 Å². The van der Waals surface area contributed by atoms with Crippen molar-refractivity contribution in [3.8, 4) is 0 Å². The highest BCUT2D eigenvalue weighted by Crippen LogP contribution is 2.36. The summed E-state index contributed by atoms with van der Waals surface area (Å²) < 4.78 is 15.5. The fraction of sp³-hybridized carbons (Fsp3) is 0.533. The summed E-state index contributed by atoms with van der Waals surface area (Å²) in [5, 5.41) is 12.6. The Kier molecular flexibility index (Phi) is 2.88. The van der Waals surface area contributed by atoms with E-state index in [0.29, 0.717) is 12.0 Å². The van der Waals surface area contributed by atoms with Crippen LogP contribution in [0.4, 0.5) is 10.2 Å². The van der Waals surface area contributed by atoms with Crippen LogP contribution in [-0.2, 0) is 0 Å². The Morgan fingerprint density at radius 2 is 2.20 bits per heavy atom. The standard InChI is InChI=1S/C15H19FN4/c16-11-3-4-12-13(8-11)19-20-14(5-7-18-15(12)20)10-2-1-6-17-9-10/h3-4,8,10,14,17-18H,1-2,5-7,9H2. The molecule has 5 heteroatoms. The number of benzene rings is 1. The molecule has 1 aromatic heterocycles. The summed E-state index contributed by atoms with van der Waals surface area (Å²) in [6.07, 6.45) is 3.58. The van der Waals surface area contributed by atoms with Gasteiger partial charge in [0, 0.05) is 18.0 Å². The molecule has 2 unspecified atom stereocenters. The van der Waals surface area contributed by atoms with E-state index in [2.05, 4.69) is 20.4 Å². The number of fused-ring (bicyclic) bond motifs is 3. The number of aromatic nitrogens is 2. The normalized spacial score (nSPS) is 26.2. The number of rotatable bonds is 1. The zero-order valence-electron chi connectivity index (χ0n) is 11.4. The van der Waals surface area contributed by atoms with E-state index in [1.807, 2.05) is 6.07 Å². The molecule has 0 bridgehead atoms. The van der Waals surface area contributed by atoms with Crippen LogP contribution in [-0.4, -0.2) is 29.4 Å². The maximum atomic E-state index is 13.4. The maximum absolute atomic E-state index is 13.4. The summed E-state index contributed by atoms with van der Waals surface area (Å²) in [5.41, 5.74) is 0.753. The SMILES string of the molecule is Fc1ccc2c3n(nc2c1)C(C1CCCNC1)CCN3. The number of nitrogens with zero attached hydrogens (tertiary/aromatic N) is 2. The fourth-order valence-electron chi connectivity index (χ4n) is 3.60. The number of halogens is 1. The summed E-state index contributed by atoms with van der Waals surface area (Å²) in [7, 11) is 0. The largest absolute Gasteiger partial charge is 0.370 e. The van der Waals surface area contributed by atoms with Gasteiger partial charge in [0.15, 0.2) is 0 Å². The lowest BCUT2D eigenvalue weighted by atomic mass is 9.89. The van der Waals surface area contributed by atoms with Gasteiger partial charge in [-0.15, -0.1) is 0 Å². The van der Waals surface area contributed by atoms with Crippen LogP contribution in [0.1, 0.15) is 25.3 Å². The topological polar surface area (TPSA) is 41.9 Å². The van der Waals surface area contributed by atoms with Gasteiger partial charge in [0.2, 0.25) is 0 Å². The summed E-state index contributed by atoms with van der Waals surface area (Å²) >= 11 is 0. The molecule has 106 valence electrons. The van der Waals surface area contributed by atoms with Crippen molar-refractivity contribution < 1.29 is 4.39 Å². The van der Waals surface area contributed by atoms with Crippen LogP contribution < -0.4 is 10.6 Å². The van der Waals surface area contributed by atoms with E-state index in [4.69, 9.17) is 0 Å². The second kappa shape index (κ2) is 4.74. The van der Waals surface area contributed by atoms with E-state index in [9.17, 15) is 4.39 Å². The number of piperidine rings is 1. The van der Waals surface area contributed by atoms with Crippen LogP contribution in [0.2, 0.25) is 0 Å². The molecule has 1 fully saturated rings. The van der Waals surface area contributed by atoms with E-state index in [0.717, 1.165) is 42.8 Å². The summed E-state index contributed by atoms with van der Waals surface area (Å²) in [5.74, 6) is 1.47. The molecule has 2 N–H and O–H groups in total. The van der Waals surface area contributed by atoms with E-state index < -0.39 is 0 Å². The first kappa shape index (κ1) is 12.1. The van der Waals surface area contributed by atoms with Crippen molar-refractivity contribution in [3.05, 3.63) is 24.0 Å². The number of hydrogen-bond donors (Lipinski definition) is 2. The quantitative estimate of drug-likeness (QED) is 0.839. The molecule has 0 radical (unpaired) electrons. The smallest absolute Gasteiger partial charge is 0.132 e. The molecule has 0 aliphatic carbocycles. The maximum Gasteiger partial charge on any atom is 0.132 e. The van der Waals surface area contributed by atoms with Gasteiger partial charge in [-0.3, -0.25) is 0 Å². The highest BCUT2D eigenvalue weighted by molar-refractivity contribution is 5.90. The summed E-state index contributed by atoms with van der Waals surface area (Å²) in [6.45, 7) is 3.16. The zero-order valence-corrected chi connectivity index (χ0v) is 11.4. The predicted molar refractivity (Wildman–Crippen MR) is 77.4 cm³/mol. The van der Waals surface area contributed by atoms with Crippen molar-refractivity contribution in [3.63, 3.8) is 0 Å². The van der Waals surface area contributed by atoms with Gasteiger partial charge in [0.1, 0.15) is 11.6 Å². The van der Waals surface area contributed by atoms with Gasteiger partial charge in [0.05, 0.1) is 11.6 Å². The van der Waals surface area contributed by atoms with Crippen LogP contribution >= 0.6 is 0 Å². The minimum atomic E-state index is -0.219. The van der Waals surface area contributed by atoms with Crippen LogP contribution in [0.25, 0.3) is 10.9 Å². The third-order valence-corrected chi connectivity index (χ3v) is 4.59. The minimum absolute atomic E-state index is 0.219. The highest BCUT2D eigenvalue weighted by atomic mass is 19.1. The van der Waals surface area contributed by atoms with Gasteiger partial charge in [-0.1, -0.05) is 0 Å². The van der Waals surface area contributed by atoms with Gasteiger partial charge in [-0.25, -0.2) is 9.07 Å². The number of hydrogen-bond acceptors (Lipinski definition) is 3. The second-order valence-corrected chi connectivity index (χ2v) is 5.84. The van der Waals surface area contributed by atoms with E-state index in [-0.39, 0.29) is 5.82 Å². The third kappa shape index (κ3) is 1.88. The molecule has 2 aromatic rings. The molecule has 1 aromatic carbocycles. The van der Waals surface area contributed by atoms with Gasteiger partial charge >= 0.3 is 0 Å². The first-order chi connectivity index (χ1) is 9.83. The predicted octanol–water partition coefficient (Wildman–Crippen LogP) is 2.53. The van der Waals surface area contributed by atoms with Crippen molar-refractivity contribution in [2.45, 2.75) is 25.3 Å². The first-order valence-electron chi connectivity index (χ1n) is 7.45. The molecular weight excluding hydrogens is 255 g/mol. The molecule has 20 heavy (non-hydrogen) atoms. The molecule has 0 spiro atoms. The monoisotopic (exact) mass is 274 g/mol. The lowest BCUT2D eigenvalue weighted by Gasteiger charge is -2.34. The molecule has 3 heterocycles. The average molecular weight is 274 g/mol. The molecule has 1 saturated heterocycles. The minimum Gasteiger partial charge on any atom is -0.370 e. The molecule has 2 atom stereocenters. The van der Waals surface area contributed by atoms with Crippen LogP contribution in [0.5, 0.6) is 0 Å². The Morgan fingerprint density at radius 1 is 1.25 bits per heavy atom. The van der Waals surface area contributed by atoms with E-state index in [1.54, 1.807) is 0 Å². The lowest BCUT2D eigenvalue weighted by molar-refractivity contribution is 0.237. The fourth-order valence-corrected chi connectivity index (χ4v) is 3.60. The molecular formula is C15H19FN4. The van der Waals surface area contributed by atoms with Gasteiger partial charge < -0.3 is 10.6 Å². The molecule has 0 saturated carbocycles. The van der Waals surface area contributed by atoms with Crippen LogP contribution in [0.15, 0.2) is 18.2 Å². The van der Waals surface area contributed by atoms with Crippen molar-refractivity contribution >= 4 is 16.7 Å². The molecule has 2 aliphatic rings. The van der Waals surface area contributed by atoms with Crippen molar-refractivity contribution in [1.29, 1.82) is 0 Å². The first-order valence-corrected chi connectivity index (χ1v) is 7.45. The molecule has 2 aliphatic heterocycles. The Hall–Kier alpha value is -1.62. The molecule has 4 rings (SSSR count). The lowest BCUT2D eigenvalue weighted by Crippen LogP contribution is -2.38.